The van der Waals surface area contributed by atoms with E-state index in [-0.39, 0.29) is 0 Å². The highest BCUT2D eigenvalue weighted by atomic mass is 15.3. The molecule has 4 atom stereocenters. The first-order chi connectivity index (χ1) is 7.74. The van der Waals surface area contributed by atoms with E-state index < -0.39 is 0 Å². The molecular formula is C13H25N3. The molecule has 0 saturated carbocycles. The number of nitrogens with one attached hydrogen (secondary N) is 1. The second-order valence-electron chi connectivity index (χ2n) is 6.09. The lowest BCUT2D eigenvalue weighted by Crippen LogP contribution is -2.41. The van der Waals surface area contributed by atoms with Gasteiger partial charge in [-0.25, -0.2) is 0 Å². The Labute approximate surface area is 99.2 Å². The zero-order valence-corrected chi connectivity index (χ0v) is 10.7. The molecule has 3 heteroatoms. The fourth-order valence-electron chi connectivity index (χ4n) is 3.80. The van der Waals surface area contributed by atoms with E-state index >= 15 is 0 Å². The monoisotopic (exact) mass is 223 g/mol. The topological polar surface area (TPSA) is 18.5 Å². The number of hydrogen-bond acceptors (Lipinski definition) is 3. The molecule has 3 aliphatic heterocycles. The van der Waals surface area contributed by atoms with Crippen LogP contribution >= 0.6 is 0 Å². The second kappa shape index (κ2) is 4.28. The highest BCUT2D eigenvalue weighted by molar-refractivity contribution is 4.97. The Morgan fingerprint density at radius 2 is 2.06 bits per heavy atom. The zero-order valence-electron chi connectivity index (χ0n) is 10.7. The molecule has 0 aromatic heterocycles. The summed E-state index contributed by atoms with van der Waals surface area (Å²) in [5, 5.41) is 3.70. The molecule has 4 unspecified atom stereocenters. The fourth-order valence-corrected chi connectivity index (χ4v) is 3.80. The summed E-state index contributed by atoms with van der Waals surface area (Å²) >= 11 is 0. The predicted octanol–water partition coefficient (Wildman–Crippen LogP) is 0.763. The average molecular weight is 223 g/mol. The summed E-state index contributed by atoms with van der Waals surface area (Å²) in [6.07, 6.45) is 4.21. The van der Waals surface area contributed by atoms with E-state index in [1.54, 1.807) is 0 Å². The summed E-state index contributed by atoms with van der Waals surface area (Å²) in [5.74, 6) is 0.940. The maximum Gasteiger partial charge on any atom is 0.0238 e. The SMILES string of the molecule is CC1CC(N2CC3CCCNC3C2)CN1C. The zero-order chi connectivity index (χ0) is 11.1. The summed E-state index contributed by atoms with van der Waals surface area (Å²) in [6.45, 7) is 7.54. The van der Waals surface area contributed by atoms with Crippen LogP contribution in [-0.2, 0) is 0 Å². The van der Waals surface area contributed by atoms with Gasteiger partial charge >= 0.3 is 0 Å². The minimum absolute atomic E-state index is 0.778. The molecule has 0 aromatic carbocycles. The Bertz CT molecular complexity index is 232. The number of piperidine rings is 1. The van der Waals surface area contributed by atoms with Gasteiger partial charge in [-0.15, -0.1) is 0 Å². The van der Waals surface area contributed by atoms with Crippen LogP contribution in [-0.4, -0.2) is 61.2 Å². The van der Waals surface area contributed by atoms with Gasteiger partial charge in [0.25, 0.3) is 0 Å². The Hall–Kier alpha value is -0.120. The third kappa shape index (κ3) is 1.89. The summed E-state index contributed by atoms with van der Waals surface area (Å²) in [6, 6.07) is 2.41. The lowest BCUT2D eigenvalue weighted by Gasteiger charge is -2.25. The fraction of sp³-hybridized carbons (Fsp3) is 1.00. The van der Waals surface area contributed by atoms with Crippen LogP contribution in [0.4, 0.5) is 0 Å². The maximum atomic E-state index is 3.70. The van der Waals surface area contributed by atoms with Gasteiger partial charge in [0.15, 0.2) is 0 Å². The minimum atomic E-state index is 0.778. The van der Waals surface area contributed by atoms with E-state index in [2.05, 4.69) is 29.1 Å². The van der Waals surface area contributed by atoms with Crippen molar-refractivity contribution in [1.29, 1.82) is 0 Å². The summed E-state index contributed by atoms with van der Waals surface area (Å²) < 4.78 is 0. The van der Waals surface area contributed by atoms with Crippen LogP contribution in [0, 0.1) is 5.92 Å². The Morgan fingerprint density at radius 1 is 1.19 bits per heavy atom. The van der Waals surface area contributed by atoms with E-state index in [0.717, 1.165) is 24.0 Å². The standard InChI is InChI=1S/C13H25N3/c1-10-6-12(8-15(10)2)16-7-11-4-3-5-14-13(11)9-16/h10-14H,3-9H2,1-2H3. The molecule has 1 N–H and O–H groups in total. The molecule has 0 radical (unpaired) electrons. The molecule has 0 aliphatic carbocycles. The number of rotatable bonds is 1. The number of likely N-dealkylation sites (N-methyl/N-ethyl adjacent to an activating group) is 1. The molecule has 3 rings (SSSR count). The van der Waals surface area contributed by atoms with Gasteiger partial charge in [-0.05, 0) is 45.7 Å². The normalized spacial score (nSPS) is 46.1. The average Bonchev–Trinajstić information content (AvgIpc) is 2.83. The van der Waals surface area contributed by atoms with Crippen molar-refractivity contribution in [2.24, 2.45) is 5.92 Å². The predicted molar refractivity (Wildman–Crippen MR) is 66.6 cm³/mol. The van der Waals surface area contributed by atoms with Crippen molar-refractivity contribution in [1.82, 2.24) is 15.1 Å². The Balaban J connectivity index is 1.61. The van der Waals surface area contributed by atoms with Gasteiger partial charge < -0.3 is 10.2 Å². The quantitative estimate of drug-likeness (QED) is 0.708. The van der Waals surface area contributed by atoms with Crippen LogP contribution in [0.5, 0.6) is 0 Å². The molecular weight excluding hydrogens is 198 g/mol. The number of likely N-dealkylation sites (tertiary alicyclic amines) is 2. The Kier molecular flexibility index (Phi) is 2.94. The second-order valence-corrected chi connectivity index (χ2v) is 6.09. The van der Waals surface area contributed by atoms with E-state index in [4.69, 9.17) is 0 Å². The number of nitrogens with zero attached hydrogens (tertiary/aromatic N) is 2. The van der Waals surface area contributed by atoms with E-state index in [9.17, 15) is 0 Å². The van der Waals surface area contributed by atoms with E-state index in [1.807, 2.05) is 0 Å². The van der Waals surface area contributed by atoms with Crippen molar-refractivity contribution in [2.75, 3.05) is 33.2 Å². The van der Waals surface area contributed by atoms with E-state index in [1.165, 1.54) is 45.4 Å². The summed E-state index contributed by atoms with van der Waals surface area (Å²) in [7, 11) is 2.27. The van der Waals surface area contributed by atoms with Crippen molar-refractivity contribution >= 4 is 0 Å². The van der Waals surface area contributed by atoms with E-state index in [0.29, 0.717) is 0 Å². The van der Waals surface area contributed by atoms with Crippen LogP contribution in [0.15, 0.2) is 0 Å². The van der Waals surface area contributed by atoms with Gasteiger partial charge in [0.1, 0.15) is 0 Å². The van der Waals surface area contributed by atoms with Crippen molar-refractivity contribution in [3.8, 4) is 0 Å². The maximum absolute atomic E-state index is 3.70. The third-order valence-electron chi connectivity index (χ3n) is 5.01. The van der Waals surface area contributed by atoms with Crippen LogP contribution in [0.3, 0.4) is 0 Å². The van der Waals surface area contributed by atoms with Crippen LogP contribution in [0.25, 0.3) is 0 Å². The largest absolute Gasteiger partial charge is 0.312 e. The molecule has 0 aromatic rings. The Morgan fingerprint density at radius 3 is 2.75 bits per heavy atom. The van der Waals surface area contributed by atoms with Gasteiger partial charge in [-0.3, -0.25) is 4.90 Å². The molecule has 3 nitrogen and oxygen atoms in total. The molecule has 0 amide bonds. The molecule has 16 heavy (non-hydrogen) atoms. The van der Waals surface area contributed by atoms with Gasteiger partial charge in [-0.1, -0.05) is 0 Å². The van der Waals surface area contributed by atoms with Crippen LogP contribution in [0.2, 0.25) is 0 Å². The van der Waals surface area contributed by atoms with Crippen molar-refractivity contribution in [2.45, 2.75) is 44.3 Å². The molecule has 0 bridgehead atoms. The minimum Gasteiger partial charge on any atom is -0.312 e. The lowest BCUT2D eigenvalue weighted by atomic mass is 9.94. The highest BCUT2D eigenvalue weighted by Crippen LogP contribution is 2.30. The van der Waals surface area contributed by atoms with Crippen molar-refractivity contribution < 1.29 is 0 Å². The first kappa shape index (κ1) is 11.0. The smallest absolute Gasteiger partial charge is 0.0238 e. The van der Waals surface area contributed by atoms with Crippen molar-refractivity contribution in [3.63, 3.8) is 0 Å². The van der Waals surface area contributed by atoms with Crippen LogP contribution in [0.1, 0.15) is 26.2 Å². The van der Waals surface area contributed by atoms with Gasteiger partial charge in [0.2, 0.25) is 0 Å². The first-order valence-electron chi connectivity index (χ1n) is 6.91. The number of hydrogen-bond donors (Lipinski definition) is 1. The van der Waals surface area contributed by atoms with Gasteiger partial charge in [0.05, 0.1) is 0 Å². The molecule has 92 valence electrons. The van der Waals surface area contributed by atoms with Gasteiger partial charge in [0, 0.05) is 37.8 Å². The molecule has 3 aliphatic rings. The molecule has 3 fully saturated rings. The number of fused-ring (bicyclic) bond motifs is 1. The summed E-state index contributed by atoms with van der Waals surface area (Å²) in [4.78, 5) is 5.27. The summed E-state index contributed by atoms with van der Waals surface area (Å²) in [5.41, 5.74) is 0. The first-order valence-corrected chi connectivity index (χ1v) is 6.91. The third-order valence-corrected chi connectivity index (χ3v) is 5.01. The van der Waals surface area contributed by atoms with Gasteiger partial charge in [-0.2, -0.15) is 0 Å². The molecule has 3 heterocycles. The molecule has 0 spiro atoms. The van der Waals surface area contributed by atoms with Crippen molar-refractivity contribution in [3.05, 3.63) is 0 Å². The lowest BCUT2D eigenvalue weighted by molar-refractivity contribution is 0.232. The molecule has 3 saturated heterocycles. The highest BCUT2D eigenvalue weighted by Gasteiger charge is 2.39. The van der Waals surface area contributed by atoms with Crippen LogP contribution < -0.4 is 5.32 Å².